The van der Waals surface area contributed by atoms with Crippen molar-refractivity contribution in [2.24, 2.45) is 11.7 Å². The predicted molar refractivity (Wildman–Crippen MR) is 48.5 cm³/mol. The molecular weight excluding hydrogens is 136 g/mol. The summed E-state index contributed by atoms with van der Waals surface area (Å²) in [5.41, 5.74) is 5.98. The van der Waals surface area contributed by atoms with Crippen LogP contribution in [0.3, 0.4) is 0 Å². The first-order chi connectivity index (χ1) is 5.13. The van der Waals surface area contributed by atoms with E-state index in [9.17, 15) is 0 Å². The summed E-state index contributed by atoms with van der Waals surface area (Å²) < 4.78 is 0. The Labute approximate surface area is 69.8 Å². The predicted octanol–water partition coefficient (Wildman–Crippen LogP) is 1.06. The summed E-state index contributed by atoms with van der Waals surface area (Å²) in [4.78, 5) is 2.31. The van der Waals surface area contributed by atoms with E-state index in [4.69, 9.17) is 5.73 Å². The van der Waals surface area contributed by atoms with Gasteiger partial charge in [0.25, 0.3) is 0 Å². The Morgan fingerprint density at radius 2 is 1.91 bits per heavy atom. The number of nitrogens with two attached hydrogens (primary N) is 1. The molecule has 2 heteroatoms. The Hall–Kier alpha value is -0.0800. The second kappa shape index (κ2) is 3.55. The normalized spacial score (nSPS) is 39.5. The molecule has 2 nitrogen and oxygen atoms in total. The molecular formula is C9H20N2. The third kappa shape index (κ3) is 1.94. The summed E-state index contributed by atoms with van der Waals surface area (Å²) in [7, 11) is 4.30. The van der Waals surface area contributed by atoms with Crippen LogP contribution in [0.1, 0.15) is 26.2 Å². The van der Waals surface area contributed by atoms with Gasteiger partial charge in [-0.25, -0.2) is 0 Å². The summed E-state index contributed by atoms with van der Waals surface area (Å²) in [6.07, 6.45) is 3.84. The third-order valence-electron chi connectivity index (χ3n) is 2.98. The molecule has 3 atom stereocenters. The molecule has 0 radical (unpaired) electrons. The summed E-state index contributed by atoms with van der Waals surface area (Å²) >= 11 is 0. The monoisotopic (exact) mass is 156 g/mol. The molecule has 1 fully saturated rings. The Morgan fingerprint density at radius 1 is 1.27 bits per heavy atom. The van der Waals surface area contributed by atoms with Crippen molar-refractivity contribution in [2.45, 2.75) is 38.3 Å². The van der Waals surface area contributed by atoms with Gasteiger partial charge in [0.15, 0.2) is 0 Å². The minimum atomic E-state index is 0.427. The fraction of sp³-hybridized carbons (Fsp3) is 1.00. The Kier molecular flexibility index (Phi) is 2.90. The smallest absolute Gasteiger partial charge is 0.0130 e. The second-order valence-corrected chi connectivity index (χ2v) is 3.98. The van der Waals surface area contributed by atoms with Crippen LogP contribution in [0.5, 0.6) is 0 Å². The Morgan fingerprint density at radius 3 is 2.36 bits per heavy atom. The van der Waals surface area contributed by atoms with Crippen molar-refractivity contribution in [3.8, 4) is 0 Å². The van der Waals surface area contributed by atoms with Crippen LogP contribution in [0.25, 0.3) is 0 Å². The van der Waals surface area contributed by atoms with Gasteiger partial charge >= 0.3 is 0 Å². The van der Waals surface area contributed by atoms with E-state index in [1.807, 2.05) is 0 Å². The first-order valence-corrected chi connectivity index (χ1v) is 4.55. The highest BCUT2D eigenvalue weighted by molar-refractivity contribution is 4.85. The molecule has 0 saturated heterocycles. The molecule has 0 aliphatic heterocycles. The third-order valence-corrected chi connectivity index (χ3v) is 2.98. The maximum absolute atomic E-state index is 5.98. The summed E-state index contributed by atoms with van der Waals surface area (Å²) in [6, 6.07) is 1.13. The minimum absolute atomic E-state index is 0.427. The van der Waals surface area contributed by atoms with Gasteiger partial charge < -0.3 is 10.6 Å². The lowest BCUT2D eigenvalue weighted by molar-refractivity contribution is 0.149. The molecule has 0 spiro atoms. The Balaban J connectivity index is 2.51. The van der Waals surface area contributed by atoms with Crippen molar-refractivity contribution in [2.75, 3.05) is 14.1 Å². The van der Waals surface area contributed by atoms with Crippen LogP contribution in [0, 0.1) is 5.92 Å². The molecule has 0 amide bonds. The van der Waals surface area contributed by atoms with Crippen LogP contribution in [0.4, 0.5) is 0 Å². The van der Waals surface area contributed by atoms with E-state index in [0.29, 0.717) is 18.0 Å². The van der Waals surface area contributed by atoms with Gasteiger partial charge in [-0.3, -0.25) is 0 Å². The molecule has 1 rings (SSSR count). The van der Waals surface area contributed by atoms with Crippen molar-refractivity contribution in [1.82, 2.24) is 4.90 Å². The van der Waals surface area contributed by atoms with Gasteiger partial charge in [0.2, 0.25) is 0 Å². The van der Waals surface area contributed by atoms with Crippen molar-refractivity contribution in [3.05, 3.63) is 0 Å². The molecule has 0 heterocycles. The largest absolute Gasteiger partial charge is 0.327 e. The van der Waals surface area contributed by atoms with Crippen molar-refractivity contribution >= 4 is 0 Å². The summed E-state index contributed by atoms with van der Waals surface area (Å²) in [5, 5.41) is 0. The van der Waals surface area contributed by atoms with E-state index in [-0.39, 0.29) is 0 Å². The Bertz CT molecular complexity index is 123. The van der Waals surface area contributed by atoms with Gasteiger partial charge in [-0.2, -0.15) is 0 Å². The molecule has 0 aromatic heterocycles. The summed E-state index contributed by atoms with van der Waals surface area (Å²) in [6.45, 7) is 2.27. The number of nitrogens with zero attached hydrogens (tertiary/aromatic N) is 1. The lowest BCUT2D eigenvalue weighted by Crippen LogP contribution is -2.46. The maximum atomic E-state index is 5.98. The highest BCUT2D eigenvalue weighted by atomic mass is 15.1. The van der Waals surface area contributed by atoms with Crippen LogP contribution in [-0.2, 0) is 0 Å². The van der Waals surface area contributed by atoms with Gasteiger partial charge in [-0.05, 0) is 32.9 Å². The zero-order valence-corrected chi connectivity index (χ0v) is 7.88. The quantitative estimate of drug-likeness (QED) is 0.615. The molecule has 1 aliphatic carbocycles. The zero-order valence-electron chi connectivity index (χ0n) is 7.88. The van der Waals surface area contributed by atoms with Crippen LogP contribution < -0.4 is 5.73 Å². The zero-order chi connectivity index (χ0) is 8.43. The topological polar surface area (TPSA) is 29.3 Å². The van der Waals surface area contributed by atoms with Gasteiger partial charge in [0.1, 0.15) is 0 Å². The highest BCUT2D eigenvalue weighted by Crippen LogP contribution is 2.25. The average Bonchev–Trinajstić information content (AvgIpc) is 1.94. The van der Waals surface area contributed by atoms with Crippen LogP contribution in [0.15, 0.2) is 0 Å². The van der Waals surface area contributed by atoms with Gasteiger partial charge in [-0.15, -0.1) is 0 Å². The van der Waals surface area contributed by atoms with Crippen LogP contribution in [-0.4, -0.2) is 31.1 Å². The second-order valence-electron chi connectivity index (χ2n) is 3.98. The maximum Gasteiger partial charge on any atom is 0.0130 e. The minimum Gasteiger partial charge on any atom is -0.327 e. The summed E-state index contributed by atoms with van der Waals surface area (Å²) in [5.74, 6) is 0.666. The SMILES string of the molecule is CC1C(N)CCCC1N(C)C. The van der Waals surface area contributed by atoms with Gasteiger partial charge in [-0.1, -0.05) is 13.3 Å². The molecule has 0 aromatic rings. The molecule has 1 saturated carbocycles. The van der Waals surface area contributed by atoms with E-state index in [1.54, 1.807) is 0 Å². The molecule has 3 unspecified atom stereocenters. The molecule has 2 N–H and O–H groups in total. The molecule has 0 bridgehead atoms. The van der Waals surface area contributed by atoms with Crippen molar-refractivity contribution in [3.63, 3.8) is 0 Å². The van der Waals surface area contributed by atoms with E-state index < -0.39 is 0 Å². The molecule has 1 aliphatic rings. The first kappa shape index (κ1) is 9.01. The lowest BCUT2D eigenvalue weighted by Gasteiger charge is -2.37. The van der Waals surface area contributed by atoms with Gasteiger partial charge in [0, 0.05) is 12.1 Å². The highest BCUT2D eigenvalue weighted by Gasteiger charge is 2.28. The molecule has 11 heavy (non-hydrogen) atoms. The van der Waals surface area contributed by atoms with E-state index in [0.717, 1.165) is 0 Å². The average molecular weight is 156 g/mol. The number of hydrogen-bond acceptors (Lipinski definition) is 2. The van der Waals surface area contributed by atoms with Gasteiger partial charge in [0.05, 0.1) is 0 Å². The first-order valence-electron chi connectivity index (χ1n) is 4.55. The molecule has 66 valence electrons. The van der Waals surface area contributed by atoms with E-state index in [2.05, 4.69) is 25.9 Å². The number of hydrogen-bond donors (Lipinski definition) is 1. The fourth-order valence-corrected chi connectivity index (χ4v) is 2.10. The van der Waals surface area contributed by atoms with Crippen LogP contribution >= 0.6 is 0 Å². The van der Waals surface area contributed by atoms with E-state index in [1.165, 1.54) is 19.3 Å². The van der Waals surface area contributed by atoms with Crippen molar-refractivity contribution < 1.29 is 0 Å². The van der Waals surface area contributed by atoms with E-state index >= 15 is 0 Å². The molecule has 0 aromatic carbocycles. The van der Waals surface area contributed by atoms with Crippen molar-refractivity contribution in [1.29, 1.82) is 0 Å². The van der Waals surface area contributed by atoms with Crippen LogP contribution in [0.2, 0.25) is 0 Å². The number of rotatable bonds is 1. The lowest BCUT2D eigenvalue weighted by atomic mass is 9.82. The fourth-order valence-electron chi connectivity index (χ4n) is 2.10. The standard InChI is InChI=1S/C9H20N2/c1-7-8(10)5-4-6-9(7)11(2)3/h7-9H,4-6,10H2,1-3H3.